The Kier molecular flexibility index (Phi) is 7.74. The molecular formula is C7H17NO3S2. The third kappa shape index (κ3) is 8.55. The Hall–Kier alpha value is 0.220. The largest absolute Gasteiger partial charge is 0.330 e. The maximum Gasteiger partial charge on any atom is 0.321 e. The van der Waals surface area contributed by atoms with E-state index in [1.165, 1.54) is 6.26 Å². The van der Waals surface area contributed by atoms with Crippen LogP contribution in [-0.4, -0.2) is 27.8 Å². The van der Waals surface area contributed by atoms with Gasteiger partial charge in [-0.15, -0.1) is 0 Å². The van der Waals surface area contributed by atoms with Gasteiger partial charge in [0.2, 0.25) is 0 Å². The van der Waals surface area contributed by atoms with Gasteiger partial charge in [-0.1, -0.05) is 12.8 Å². The molecule has 0 bridgehead atoms. The molecule has 13 heavy (non-hydrogen) atoms. The van der Waals surface area contributed by atoms with Gasteiger partial charge in [-0.25, -0.2) is 0 Å². The lowest BCUT2D eigenvalue weighted by atomic mass is 10.2. The molecule has 0 aromatic rings. The summed E-state index contributed by atoms with van der Waals surface area (Å²) < 4.78 is 26.3. The van der Waals surface area contributed by atoms with Crippen LogP contribution in [0.4, 0.5) is 0 Å². The molecule has 0 saturated heterocycles. The first-order valence-corrected chi connectivity index (χ1v) is 7.42. The highest BCUT2D eigenvalue weighted by Gasteiger charge is 2.06. The van der Waals surface area contributed by atoms with Crippen molar-refractivity contribution in [3.05, 3.63) is 0 Å². The van der Waals surface area contributed by atoms with E-state index in [0.29, 0.717) is 6.54 Å². The van der Waals surface area contributed by atoms with Crippen LogP contribution < -0.4 is 5.73 Å². The molecule has 6 heteroatoms. The van der Waals surface area contributed by atoms with Crippen LogP contribution in [0.5, 0.6) is 0 Å². The van der Waals surface area contributed by atoms with Crippen LogP contribution in [-0.2, 0) is 13.3 Å². The Morgan fingerprint density at radius 2 is 1.85 bits per heavy atom. The Labute approximate surface area is 83.7 Å². The maximum atomic E-state index is 10.8. The van der Waals surface area contributed by atoms with Gasteiger partial charge in [0.15, 0.2) is 0 Å². The molecule has 4 nitrogen and oxygen atoms in total. The summed E-state index contributed by atoms with van der Waals surface area (Å²) in [5, 5.41) is 0. The molecule has 0 amide bonds. The summed E-state index contributed by atoms with van der Waals surface area (Å²) in [6.45, 7) is 0.984. The minimum atomic E-state index is -3.32. The number of hydrogen-bond acceptors (Lipinski definition) is 5. The van der Waals surface area contributed by atoms with Crippen LogP contribution in [0, 0.1) is 0 Å². The van der Waals surface area contributed by atoms with Crippen molar-refractivity contribution in [2.75, 3.05) is 19.4 Å². The number of rotatable bonds is 8. The monoisotopic (exact) mass is 227 g/mol. The Balaban J connectivity index is 3.26. The predicted molar refractivity (Wildman–Crippen MR) is 55.9 cm³/mol. The molecule has 0 aromatic heterocycles. The van der Waals surface area contributed by atoms with Crippen LogP contribution in [0.2, 0.25) is 0 Å². The van der Waals surface area contributed by atoms with Crippen molar-refractivity contribution in [3.8, 4) is 0 Å². The minimum absolute atomic E-state index is 0.285. The topological polar surface area (TPSA) is 69.4 Å². The maximum absolute atomic E-state index is 10.8. The molecule has 0 atom stereocenters. The van der Waals surface area contributed by atoms with Gasteiger partial charge in [0, 0.05) is 0 Å². The van der Waals surface area contributed by atoms with Crippen LogP contribution in [0.3, 0.4) is 0 Å². The van der Waals surface area contributed by atoms with Crippen LogP contribution in [0.1, 0.15) is 25.7 Å². The molecule has 0 aliphatic rings. The average molecular weight is 227 g/mol. The second kappa shape index (κ2) is 7.61. The molecule has 0 rings (SSSR count). The van der Waals surface area contributed by atoms with E-state index < -0.39 is 9.15 Å². The van der Waals surface area contributed by atoms with Gasteiger partial charge in [-0.3, -0.25) is 4.18 Å². The van der Waals surface area contributed by atoms with E-state index in [1.807, 2.05) is 0 Å². The molecule has 0 aromatic carbocycles. The van der Waals surface area contributed by atoms with E-state index in [-0.39, 0.29) is 6.61 Å². The van der Waals surface area contributed by atoms with Gasteiger partial charge in [0.1, 0.15) is 0 Å². The first-order chi connectivity index (χ1) is 6.12. The zero-order valence-corrected chi connectivity index (χ0v) is 9.49. The SMILES string of the molecule is CSS(=O)(=O)OCCCCCCN. The first-order valence-electron chi connectivity index (χ1n) is 4.27. The quantitative estimate of drug-likeness (QED) is 0.497. The van der Waals surface area contributed by atoms with Crippen molar-refractivity contribution in [2.45, 2.75) is 25.7 Å². The lowest BCUT2D eigenvalue weighted by Crippen LogP contribution is -2.02. The molecule has 80 valence electrons. The minimum Gasteiger partial charge on any atom is -0.330 e. The molecule has 0 aliphatic carbocycles. The zero-order chi connectivity index (χ0) is 10.2. The zero-order valence-electron chi connectivity index (χ0n) is 7.86. The van der Waals surface area contributed by atoms with E-state index in [0.717, 1.165) is 36.5 Å². The second-order valence-corrected chi connectivity index (χ2v) is 6.21. The van der Waals surface area contributed by atoms with Crippen molar-refractivity contribution < 1.29 is 12.6 Å². The lowest BCUT2D eigenvalue weighted by Gasteiger charge is -2.01. The van der Waals surface area contributed by atoms with E-state index in [1.54, 1.807) is 0 Å². The van der Waals surface area contributed by atoms with Gasteiger partial charge < -0.3 is 5.73 Å². The third-order valence-electron chi connectivity index (χ3n) is 1.53. The molecular weight excluding hydrogens is 210 g/mol. The summed E-state index contributed by atoms with van der Waals surface area (Å²) in [6.07, 6.45) is 5.28. The summed E-state index contributed by atoms with van der Waals surface area (Å²) in [6, 6.07) is 0. The second-order valence-electron chi connectivity index (χ2n) is 2.60. The highest BCUT2D eigenvalue weighted by Crippen LogP contribution is 2.10. The van der Waals surface area contributed by atoms with Crippen LogP contribution in [0.15, 0.2) is 0 Å². The van der Waals surface area contributed by atoms with Gasteiger partial charge in [0.25, 0.3) is 0 Å². The predicted octanol–water partition coefficient (Wildman–Crippen LogP) is 1.13. The van der Waals surface area contributed by atoms with Gasteiger partial charge >= 0.3 is 9.15 Å². The fourth-order valence-corrected chi connectivity index (χ4v) is 1.72. The smallest absolute Gasteiger partial charge is 0.321 e. The van der Waals surface area contributed by atoms with E-state index in [9.17, 15) is 8.42 Å². The first kappa shape index (κ1) is 13.2. The molecule has 0 aliphatic heterocycles. The fraction of sp³-hybridized carbons (Fsp3) is 1.00. The highest BCUT2D eigenvalue weighted by molar-refractivity contribution is 8.70. The fourth-order valence-electron chi connectivity index (χ4n) is 0.809. The summed E-state index contributed by atoms with van der Waals surface area (Å²) in [5.41, 5.74) is 5.30. The Bertz CT molecular complexity index is 204. The standard InChI is InChI=1S/C7H17NO3S2/c1-12-13(9,10)11-7-5-3-2-4-6-8/h2-8H2,1H3. The molecule has 2 N–H and O–H groups in total. The molecule has 0 fully saturated rings. The van der Waals surface area contributed by atoms with E-state index >= 15 is 0 Å². The van der Waals surface area contributed by atoms with Crippen LogP contribution >= 0.6 is 10.8 Å². The van der Waals surface area contributed by atoms with Gasteiger partial charge in [-0.05, 0) is 36.4 Å². The third-order valence-corrected chi connectivity index (χ3v) is 3.91. The van der Waals surface area contributed by atoms with Crippen molar-refractivity contribution in [3.63, 3.8) is 0 Å². The molecule has 0 spiro atoms. The summed E-state index contributed by atoms with van der Waals surface area (Å²) in [7, 11) is -2.59. The average Bonchev–Trinajstić information content (AvgIpc) is 2.11. The van der Waals surface area contributed by atoms with Crippen molar-refractivity contribution in [1.29, 1.82) is 0 Å². The molecule has 0 heterocycles. The number of unbranched alkanes of at least 4 members (excludes halogenated alkanes) is 3. The lowest BCUT2D eigenvalue weighted by molar-refractivity contribution is 0.317. The molecule has 0 unspecified atom stereocenters. The van der Waals surface area contributed by atoms with Crippen LogP contribution in [0.25, 0.3) is 0 Å². The number of nitrogens with two attached hydrogens (primary N) is 1. The van der Waals surface area contributed by atoms with Crippen molar-refractivity contribution in [2.24, 2.45) is 5.73 Å². The Morgan fingerprint density at radius 3 is 2.38 bits per heavy atom. The molecule has 0 radical (unpaired) electrons. The van der Waals surface area contributed by atoms with Crippen molar-refractivity contribution >= 4 is 19.9 Å². The van der Waals surface area contributed by atoms with Gasteiger partial charge in [0.05, 0.1) is 6.61 Å². The summed E-state index contributed by atoms with van der Waals surface area (Å²) in [5.74, 6) is 0. The molecule has 0 saturated carbocycles. The number of hydrogen-bond donors (Lipinski definition) is 1. The summed E-state index contributed by atoms with van der Waals surface area (Å²) >= 11 is 0. The van der Waals surface area contributed by atoms with Crippen molar-refractivity contribution in [1.82, 2.24) is 0 Å². The highest BCUT2D eigenvalue weighted by atomic mass is 33.1. The van der Waals surface area contributed by atoms with Gasteiger partial charge in [-0.2, -0.15) is 8.42 Å². The summed E-state index contributed by atoms with van der Waals surface area (Å²) in [4.78, 5) is 0. The van der Waals surface area contributed by atoms with E-state index in [4.69, 9.17) is 5.73 Å². The Morgan fingerprint density at radius 1 is 1.23 bits per heavy atom. The normalized spacial score (nSPS) is 11.8. The van der Waals surface area contributed by atoms with E-state index in [2.05, 4.69) is 4.18 Å².